The molecule has 0 spiro atoms. The van der Waals surface area contributed by atoms with Gasteiger partial charge in [0.2, 0.25) is 0 Å². The number of aliphatic hydroxyl groups excluding tert-OH is 1. The van der Waals surface area contributed by atoms with Crippen molar-refractivity contribution in [2.24, 2.45) is 29.6 Å². The Morgan fingerprint density at radius 1 is 1.44 bits per heavy atom. The molecule has 3 rings (SSSR count). The van der Waals surface area contributed by atoms with Gasteiger partial charge in [-0.2, -0.15) is 0 Å². The van der Waals surface area contributed by atoms with Gasteiger partial charge in [-0.05, 0) is 55.8 Å². The van der Waals surface area contributed by atoms with Crippen molar-refractivity contribution < 1.29 is 5.11 Å². The zero-order valence-corrected chi connectivity index (χ0v) is 10.3. The zero-order chi connectivity index (χ0) is 11.3. The maximum absolute atomic E-state index is 9.58. The van der Waals surface area contributed by atoms with Crippen LogP contribution in [0.2, 0.25) is 0 Å². The third-order valence-corrected chi connectivity index (χ3v) is 5.10. The molecule has 2 saturated carbocycles. The summed E-state index contributed by atoms with van der Waals surface area (Å²) in [6.07, 6.45) is 11.0. The molecule has 1 N–H and O–H groups in total. The number of hydrogen-bond donors (Lipinski definition) is 1. The van der Waals surface area contributed by atoms with Crippen LogP contribution < -0.4 is 0 Å². The van der Waals surface area contributed by atoms with Crippen molar-refractivity contribution in [3.63, 3.8) is 0 Å². The number of aliphatic hydroxyl groups is 1. The van der Waals surface area contributed by atoms with E-state index in [1.54, 1.807) is 5.57 Å². The Kier molecular flexibility index (Phi) is 2.47. The van der Waals surface area contributed by atoms with E-state index >= 15 is 0 Å². The molecule has 0 aromatic rings. The molecule has 0 aromatic carbocycles. The fourth-order valence-electron chi connectivity index (χ4n) is 4.05. The summed E-state index contributed by atoms with van der Waals surface area (Å²) in [7, 11) is 0. The third kappa shape index (κ3) is 1.48. The van der Waals surface area contributed by atoms with Crippen LogP contribution in [-0.2, 0) is 0 Å². The lowest BCUT2D eigenvalue weighted by Gasteiger charge is -2.27. The van der Waals surface area contributed by atoms with E-state index in [0.717, 1.165) is 23.7 Å². The van der Waals surface area contributed by atoms with Crippen molar-refractivity contribution >= 4 is 0 Å². The molecule has 0 aromatic heterocycles. The molecule has 0 heterocycles. The predicted molar refractivity (Wildman–Crippen MR) is 65.9 cm³/mol. The molecule has 3 aliphatic carbocycles. The summed E-state index contributed by atoms with van der Waals surface area (Å²) in [5.74, 6) is 3.88. The highest BCUT2D eigenvalue weighted by molar-refractivity contribution is 5.27. The first-order valence-electron chi connectivity index (χ1n) is 6.72. The van der Waals surface area contributed by atoms with Crippen LogP contribution in [0.4, 0.5) is 0 Å². The number of allylic oxidation sites excluding steroid dienone is 3. The molecule has 3 aliphatic rings. The van der Waals surface area contributed by atoms with Crippen LogP contribution in [0.15, 0.2) is 23.8 Å². The average Bonchev–Trinajstić information content (AvgIpc) is 2.87. The van der Waals surface area contributed by atoms with Crippen LogP contribution in [0.1, 0.15) is 33.1 Å². The van der Waals surface area contributed by atoms with E-state index in [1.165, 1.54) is 19.3 Å². The van der Waals surface area contributed by atoms with Crippen molar-refractivity contribution in [1.82, 2.24) is 0 Å². The lowest BCUT2D eigenvalue weighted by Crippen LogP contribution is -2.20. The van der Waals surface area contributed by atoms with Crippen molar-refractivity contribution in [3.8, 4) is 0 Å². The van der Waals surface area contributed by atoms with Gasteiger partial charge in [-0.3, -0.25) is 0 Å². The van der Waals surface area contributed by atoms with Gasteiger partial charge in [0.15, 0.2) is 0 Å². The quantitative estimate of drug-likeness (QED) is 0.706. The highest BCUT2D eigenvalue weighted by atomic mass is 16.3. The summed E-state index contributed by atoms with van der Waals surface area (Å²) in [5.41, 5.74) is 1.64. The van der Waals surface area contributed by atoms with E-state index in [2.05, 4.69) is 25.2 Å². The lowest BCUT2D eigenvalue weighted by atomic mass is 9.78. The minimum absolute atomic E-state index is 0.207. The van der Waals surface area contributed by atoms with Gasteiger partial charge < -0.3 is 5.11 Å². The molecule has 0 radical (unpaired) electrons. The van der Waals surface area contributed by atoms with Crippen LogP contribution in [0.3, 0.4) is 0 Å². The van der Waals surface area contributed by atoms with E-state index in [9.17, 15) is 5.11 Å². The highest BCUT2D eigenvalue weighted by Crippen LogP contribution is 2.58. The Labute approximate surface area is 98.2 Å². The Bertz CT molecular complexity index is 339. The molecule has 88 valence electrons. The summed E-state index contributed by atoms with van der Waals surface area (Å²) < 4.78 is 0. The number of fused-ring (bicyclic) bond motifs is 5. The Morgan fingerprint density at radius 3 is 3.00 bits per heavy atom. The van der Waals surface area contributed by atoms with Crippen LogP contribution in [0.5, 0.6) is 0 Å². The average molecular weight is 218 g/mol. The fraction of sp³-hybridized carbons (Fsp3) is 0.733. The molecular weight excluding hydrogens is 196 g/mol. The number of hydrogen-bond acceptors (Lipinski definition) is 1. The van der Waals surface area contributed by atoms with E-state index in [0.29, 0.717) is 5.92 Å². The monoisotopic (exact) mass is 218 g/mol. The Balaban J connectivity index is 1.79. The summed E-state index contributed by atoms with van der Waals surface area (Å²) in [6.45, 7) is 4.03. The van der Waals surface area contributed by atoms with E-state index in [-0.39, 0.29) is 6.10 Å². The first kappa shape index (κ1) is 10.6. The van der Waals surface area contributed by atoms with E-state index in [1.807, 2.05) is 6.92 Å². The van der Waals surface area contributed by atoms with Crippen LogP contribution in [0, 0.1) is 29.6 Å². The molecule has 1 nitrogen and oxygen atoms in total. The second-order valence-corrected chi connectivity index (χ2v) is 6.05. The van der Waals surface area contributed by atoms with Crippen molar-refractivity contribution in [1.29, 1.82) is 0 Å². The smallest absolute Gasteiger partial charge is 0.0572 e. The topological polar surface area (TPSA) is 20.2 Å². The summed E-state index contributed by atoms with van der Waals surface area (Å²) in [5, 5.41) is 9.58. The molecular formula is C15H22O. The maximum Gasteiger partial charge on any atom is 0.0572 e. The van der Waals surface area contributed by atoms with Crippen LogP contribution >= 0.6 is 0 Å². The zero-order valence-electron chi connectivity index (χ0n) is 10.3. The third-order valence-electron chi connectivity index (χ3n) is 5.10. The second kappa shape index (κ2) is 3.73. The van der Waals surface area contributed by atoms with Gasteiger partial charge in [-0.25, -0.2) is 0 Å². The first-order valence-corrected chi connectivity index (χ1v) is 6.72. The minimum atomic E-state index is -0.207. The van der Waals surface area contributed by atoms with Gasteiger partial charge in [0.1, 0.15) is 0 Å². The summed E-state index contributed by atoms with van der Waals surface area (Å²) in [6, 6.07) is 0. The Hall–Kier alpha value is -0.560. The molecule has 6 atom stereocenters. The highest BCUT2D eigenvalue weighted by Gasteiger charge is 2.49. The second-order valence-electron chi connectivity index (χ2n) is 6.05. The first-order chi connectivity index (χ1) is 7.66. The van der Waals surface area contributed by atoms with E-state index in [4.69, 9.17) is 0 Å². The van der Waals surface area contributed by atoms with Crippen LogP contribution in [0.25, 0.3) is 0 Å². The minimum Gasteiger partial charge on any atom is -0.393 e. The van der Waals surface area contributed by atoms with Gasteiger partial charge in [-0.15, -0.1) is 0 Å². The molecule has 0 aliphatic heterocycles. The molecule has 16 heavy (non-hydrogen) atoms. The summed E-state index contributed by atoms with van der Waals surface area (Å²) in [4.78, 5) is 0. The number of rotatable bonds is 2. The lowest BCUT2D eigenvalue weighted by molar-refractivity contribution is 0.156. The standard InChI is InChI=1S/C15H22O/c1-9(10(2)16)6-11-7-12-8-15(11)14-5-3-4-13(12)14/h3,5-6,9-10,12-16H,4,7-8H2,1-2H3/t9-,10-,12+,13-,14-,15+/m1/s1. The summed E-state index contributed by atoms with van der Waals surface area (Å²) >= 11 is 0. The van der Waals surface area contributed by atoms with E-state index < -0.39 is 0 Å². The molecule has 1 heteroatoms. The molecule has 2 bridgehead atoms. The van der Waals surface area contributed by atoms with Gasteiger partial charge in [0, 0.05) is 0 Å². The Morgan fingerprint density at radius 2 is 2.25 bits per heavy atom. The predicted octanol–water partition coefficient (Wildman–Crippen LogP) is 3.16. The fourth-order valence-corrected chi connectivity index (χ4v) is 4.05. The molecule has 0 unspecified atom stereocenters. The van der Waals surface area contributed by atoms with Crippen LogP contribution in [-0.4, -0.2) is 11.2 Å². The van der Waals surface area contributed by atoms with Gasteiger partial charge in [-0.1, -0.05) is 30.7 Å². The molecule has 0 amide bonds. The largest absolute Gasteiger partial charge is 0.393 e. The van der Waals surface area contributed by atoms with Gasteiger partial charge in [0.05, 0.1) is 6.10 Å². The van der Waals surface area contributed by atoms with Crippen molar-refractivity contribution in [2.75, 3.05) is 0 Å². The normalized spacial score (nSPS) is 46.3. The van der Waals surface area contributed by atoms with Gasteiger partial charge >= 0.3 is 0 Å². The molecule has 2 fully saturated rings. The molecule has 0 saturated heterocycles. The van der Waals surface area contributed by atoms with Crippen molar-refractivity contribution in [3.05, 3.63) is 23.8 Å². The van der Waals surface area contributed by atoms with Crippen molar-refractivity contribution in [2.45, 2.75) is 39.2 Å². The SMILES string of the molecule is C[C@H](C=C1C[C@H]2C[C@@H]1[C@@H]1C=CC[C@H]21)[C@@H](C)O. The maximum atomic E-state index is 9.58. The van der Waals surface area contributed by atoms with Gasteiger partial charge in [0.25, 0.3) is 0 Å².